The third-order valence-corrected chi connectivity index (χ3v) is 6.81. The number of nitrogens with one attached hydrogen (secondary N) is 1. The van der Waals surface area contributed by atoms with Gasteiger partial charge in [0, 0.05) is 23.1 Å². The molecule has 1 N–H and O–H groups in total. The van der Waals surface area contributed by atoms with E-state index in [1.807, 2.05) is 31.2 Å². The Morgan fingerprint density at radius 2 is 1.76 bits per heavy atom. The van der Waals surface area contributed by atoms with Gasteiger partial charge in [-0.15, -0.1) is 0 Å². The maximum atomic E-state index is 12.5. The van der Waals surface area contributed by atoms with E-state index in [4.69, 9.17) is 16.3 Å². The Morgan fingerprint density at radius 3 is 2.40 bits per heavy atom. The Hall–Kier alpha value is -1.21. The number of ether oxygens (including phenoxy) is 1. The molecule has 2 aromatic rings. The van der Waals surface area contributed by atoms with Crippen molar-refractivity contribution in [2.45, 2.75) is 24.5 Å². The van der Waals surface area contributed by atoms with Crippen molar-refractivity contribution in [1.82, 2.24) is 4.72 Å². The molecular weight excluding hydrogens is 378 g/mol. The van der Waals surface area contributed by atoms with Crippen molar-refractivity contribution in [2.24, 2.45) is 0 Å². The minimum Gasteiger partial charge on any atom is -0.496 e. The van der Waals surface area contributed by atoms with Crippen LogP contribution in [0.4, 0.5) is 0 Å². The molecule has 0 unspecified atom stereocenters. The highest BCUT2D eigenvalue weighted by molar-refractivity contribution is 7.98. The number of hydrogen-bond donors (Lipinski definition) is 1. The second-order valence-corrected chi connectivity index (χ2v) is 8.87. The minimum absolute atomic E-state index is 0.300. The summed E-state index contributed by atoms with van der Waals surface area (Å²) in [7, 11) is -1.95. The van der Waals surface area contributed by atoms with Gasteiger partial charge in [-0.05, 0) is 54.8 Å². The van der Waals surface area contributed by atoms with Crippen molar-refractivity contribution in [3.63, 3.8) is 0 Å². The molecule has 25 heavy (non-hydrogen) atoms. The summed E-state index contributed by atoms with van der Waals surface area (Å²) >= 11 is 7.53. The lowest BCUT2D eigenvalue weighted by Crippen LogP contribution is -2.27. The van der Waals surface area contributed by atoms with E-state index in [-0.39, 0.29) is 0 Å². The van der Waals surface area contributed by atoms with Crippen molar-refractivity contribution in [3.05, 3.63) is 58.1 Å². The first kappa shape index (κ1) is 20.1. The smallest absolute Gasteiger partial charge is 0.240 e. The summed E-state index contributed by atoms with van der Waals surface area (Å²) in [6.45, 7) is 4.03. The van der Waals surface area contributed by atoms with Gasteiger partial charge < -0.3 is 4.74 Å². The SMILES string of the molecule is COc1ccc(S(=O)(=O)NCCSCc2ccc(Cl)cc2)c(C)c1C. The molecule has 0 radical (unpaired) electrons. The number of methoxy groups -OCH3 is 1. The van der Waals surface area contributed by atoms with E-state index < -0.39 is 10.0 Å². The fourth-order valence-corrected chi connectivity index (χ4v) is 4.78. The summed E-state index contributed by atoms with van der Waals surface area (Å²) in [6.07, 6.45) is 0. The van der Waals surface area contributed by atoms with Crippen molar-refractivity contribution in [3.8, 4) is 5.75 Å². The number of halogens is 1. The summed E-state index contributed by atoms with van der Waals surface area (Å²) in [4.78, 5) is 0.300. The second-order valence-electron chi connectivity index (χ2n) is 5.59. The molecule has 0 aliphatic heterocycles. The Bertz CT molecular complexity index is 821. The van der Waals surface area contributed by atoms with Gasteiger partial charge >= 0.3 is 0 Å². The lowest BCUT2D eigenvalue weighted by Gasteiger charge is -2.13. The molecule has 2 aromatic carbocycles. The van der Waals surface area contributed by atoms with Crippen LogP contribution in [0.15, 0.2) is 41.3 Å². The van der Waals surface area contributed by atoms with Crippen LogP contribution in [0.3, 0.4) is 0 Å². The topological polar surface area (TPSA) is 55.4 Å². The lowest BCUT2D eigenvalue weighted by atomic mass is 10.1. The van der Waals surface area contributed by atoms with Gasteiger partial charge in [0.2, 0.25) is 10.0 Å². The van der Waals surface area contributed by atoms with E-state index in [0.29, 0.717) is 33.5 Å². The van der Waals surface area contributed by atoms with Gasteiger partial charge in [0.05, 0.1) is 12.0 Å². The van der Waals surface area contributed by atoms with E-state index in [1.54, 1.807) is 37.9 Å². The van der Waals surface area contributed by atoms with Crippen molar-refractivity contribution < 1.29 is 13.2 Å². The first-order chi connectivity index (χ1) is 11.8. The van der Waals surface area contributed by atoms with E-state index in [1.165, 1.54) is 5.56 Å². The van der Waals surface area contributed by atoms with Gasteiger partial charge in [-0.1, -0.05) is 23.7 Å². The quantitative estimate of drug-likeness (QED) is 0.676. The summed E-state index contributed by atoms with van der Waals surface area (Å²) in [5.41, 5.74) is 2.71. The van der Waals surface area contributed by atoms with Gasteiger partial charge in [-0.3, -0.25) is 0 Å². The van der Waals surface area contributed by atoms with E-state index >= 15 is 0 Å². The van der Waals surface area contributed by atoms with Crippen LogP contribution < -0.4 is 9.46 Å². The average Bonchev–Trinajstić information content (AvgIpc) is 2.58. The fraction of sp³-hybridized carbons (Fsp3) is 0.333. The molecule has 136 valence electrons. The number of rotatable bonds is 8. The Morgan fingerprint density at radius 1 is 1.08 bits per heavy atom. The van der Waals surface area contributed by atoms with Gasteiger partial charge in [-0.25, -0.2) is 13.1 Å². The van der Waals surface area contributed by atoms with Crippen molar-refractivity contribution >= 4 is 33.4 Å². The Labute approximate surface area is 159 Å². The highest BCUT2D eigenvalue weighted by Gasteiger charge is 2.18. The molecule has 0 atom stereocenters. The number of thioether (sulfide) groups is 1. The largest absolute Gasteiger partial charge is 0.496 e. The first-order valence-electron chi connectivity index (χ1n) is 7.81. The standard InChI is InChI=1S/C18H22ClNO3S2/c1-13-14(2)18(9-8-17(13)23-3)25(21,22)20-10-11-24-12-15-4-6-16(19)7-5-15/h4-9,20H,10-12H2,1-3H3. The summed E-state index contributed by atoms with van der Waals surface area (Å²) < 4.78 is 32.9. The first-order valence-corrected chi connectivity index (χ1v) is 10.8. The van der Waals surface area contributed by atoms with Gasteiger partial charge in [0.1, 0.15) is 5.75 Å². The van der Waals surface area contributed by atoms with Crippen molar-refractivity contribution in [2.75, 3.05) is 19.4 Å². The van der Waals surface area contributed by atoms with Crippen LogP contribution in [0, 0.1) is 13.8 Å². The Balaban J connectivity index is 1.89. The molecule has 4 nitrogen and oxygen atoms in total. The predicted octanol–water partition coefficient (Wildman–Crippen LogP) is 4.18. The zero-order valence-corrected chi connectivity index (χ0v) is 16.9. The molecule has 2 rings (SSSR count). The van der Waals surface area contributed by atoms with E-state index in [2.05, 4.69) is 4.72 Å². The summed E-state index contributed by atoms with van der Waals surface area (Å²) in [5.74, 6) is 2.20. The van der Waals surface area contributed by atoms with Crippen LogP contribution in [0.5, 0.6) is 5.75 Å². The third-order valence-electron chi connectivity index (χ3n) is 3.92. The highest BCUT2D eigenvalue weighted by Crippen LogP contribution is 2.26. The van der Waals surface area contributed by atoms with Crippen LogP contribution in [0.1, 0.15) is 16.7 Å². The molecule has 0 aliphatic carbocycles. The third kappa shape index (κ3) is 5.38. The molecule has 0 fully saturated rings. The second kappa shape index (κ2) is 8.94. The van der Waals surface area contributed by atoms with E-state index in [9.17, 15) is 8.42 Å². The lowest BCUT2D eigenvalue weighted by molar-refractivity contribution is 0.410. The number of benzene rings is 2. The summed E-state index contributed by atoms with van der Waals surface area (Å²) in [5, 5.41) is 0.715. The zero-order valence-electron chi connectivity index (χ0n) is 14.5. The molecule has 0 bridgehead atoms. The molecule has 0 heterocycles. The van der Waals surface area contributed by atoms with Gasteiger partial charge in [-0.2, -0.15) is 11.8 Å². The minimum atomic E-state index is -3.53. The normalized spacial score (nSPS) is 11.5. The molecule has 0 aromatic heterocycles. The van der Waals surface area contributed by atoms with Crippen molar-refractivity contribution in [1.29, 1.82) is 0 Å². The van der Waals surface area contributed by atoms with E-state index in [0.717, 1.165) is 11.3 Å². The van der Waals surface area contributed by atoms with Crippen LogP contribution >= 0.6 is 23.4 Å². The number of sulfonamides is 1. The van der Waals surface area contributed by atoms with Crippen LogP contribution in [0.2, 0.25) is 5.02 Å². The molecular formula is C18H22ClNO3S2. The van der Waals surface area contributed by atoms with Gasteiger partial charge in [0.15, 0.2) is 0 Å². The van der Waals surface area contributed by atoms with Crippen LogP contribution in [-0.2, 0) is 15.8 Å². The van der Waals surface area contributed by atoms with Crippen LogP contribution in [0.25, 0.3) is 0 Å². The highest BCUT2D eigenvalue weighted by atomic mass is 35.5. The molecule has 0 amide bonds. The Kier molecular flexibility index (Phi) is 7.19. The van der Waals surface area contributed by atoms with Gasteiger partial charge in [0.25, 0.3) is 0 Å². The van der Waals surface area contributed by atoms with Crippen LogP contribution in [-0.4, -0.2) is 27.8 Å². The zero-order chi connectivity index (χ0) is 18.4. The molecule has 0 spiro atoms. The maximum Gasteiger partial charge on any atom is 0.240 e. The fourth-order valence-electron chi connectivity index (χ4n) is 2.38. The monoisotopic (exact) mass is 399 g/mol. The summed E-state index contributed by atoms with van der Waals surface area (Å²) in [6, 6.07) is 10.9. The molecule has 0 aliphatic rings. The molecule has 0 saturated heterocycles. The average molecular weight is 400 g/mol. The molecule has 0 saturated carbocycles. The predicted molar refractivity (Wildman–Crippen MR) is 105 cm³/mol. The maximum absolute atomic E-state index is 12.5. The molecule has 7 heteroatoms. The number of hydrogen-bond acceptors (Lipinski definition) is 4.